The van der Waals surface area contributed by atoms with E-state index >= 15 is 0 Å². The molecule has 6 heteroatoms. The number of hydrogen-bond acceptors (Lipinski definition) is 6. The molecule has 0 bridgehead atoms. The third-order valence-corrected chi connectivity index (χ3v) is 13.1. The van der Waals surface area contributed by atoms with Crippen molar-refractivity contribution in [1.29, 1.82) is 0 Å². The van der Waals surface area contributed by atoms with E-state index in [0.717, 1.165) is 122 Å². The second-order valence-electron chi connectivity index (χ2n) is 20.5. The SMILES string of the molecule is CC/C=C\C/C=C\C/C=C\C/C=C\C/C=C\CCCCCCCCCCCCCCCC(=O)OCC(COC(=O)CCCCCCC/C=C\CCCCCC)OC(=O)CCC/C=C\C/C=C\C/C=C\C/C=C\C/C=C\CC. The lowest BCUT2D eigenvalue weighted by Gasteiger charge is -2.18. The molecule has 1 atom stereocenters. The topological polar surface area (TPSA) is 78.9 Å². The molecule has 0 aliphatic heterocycles. The molecule has 0 aromatic carbocycles. The highest BCUT2D eigenvalue weighted by Gasteiger charge is 2.19. The number of hydrogen-bond donors (Lipinski definition) is 0. The molecule has 0 amide bonds. The summed E-state index contributed by atoms with van der Waals surface area (Å²) in [5.74, 6) is -0.974. The zero-order valence-corrected chi connectivity index (χ0v) is 49.9. The standard InChI is InChI=1S/C71H116O6/c1-4-7-10-13-16-19-22-25-27-29-30-31-32-33-34-35-36-37-38-39-40-42-43-46-49-52-55-58-61-64-70(73)76-67-68(66-75-69(72)63-60-57-54-51-48-45-24-21-18-15-12-9-6-3)77-71(74)65-62-59-56-53-50-47-44-41-28-26-23-20-17-14-11-8-5-2/h7-8,10-11,16-17,19-21,24-28,30-31,33-34,44,47,53,56,68H,4-6,9,12-15,18,22-23,29,32,35-43,45-46,48-52,54-55,57-67H2,1-3H3/b10-7-,11-8-,19-16-,20-17-,24-21-,27-25-,28-26-,31-30-,34-33-,47-44-,56-53-. The lowest BCUT2D eigenvalue weighted by atomic mass is 10.0. The van der Waals surface area contributed by atoms with Crippen molar-refractivity contribution in [2.75, 3.05) is 13.2 Å². The van der Waals surface area contributed by atoms with Crippen LogP contribution in [0.3, 0.4) is 0 Å². The van der Waals surface area contributed by atoms with E-state index in [-0.39, 0.29) is 37.5 Å². The van der Waals surface area contributed by atoms with Gasteiger partial charge in [-0.25, -0.2) is 0 Å². The van der Waals surface area contributed by atoms with Gasteiger partial charge in [-0.15, -0.1) is 0 Å². The van der Waals surface area contributed by atoms with Crippen LogP contribution in [-0.2, 0) is 28.6 Å². The highest BCUT2D eigenvalue weighted by molar-refractivity contribution is 5.71. The number of carbonyl (C=O) groups excluding carboxylic acids is 3. The number of unbranched alkanes of at least 4 members (excludes halogenated alkanes) is 23. The first-order valence-corrected chi connectivity index (χ1v) is 31.7. The maximum Gasteiger partial charge on any atom is 0.306 e. The van der Waals surface area contributed by atoms with Gasteiger partial charge in [0.25, 0.3) is 0 Å². The van der Waals surface area contributed by atoms with E-state index in [4.69, 9.17) is 14.2 Å². The van der Waals surface area contributed by atoms with Crippen LogP contribution in [0.25, 0.3) is 0 Å². The van der Waals surface area contributed by atoms with Gasteiger partial charge in [-0.1, -0.05) is 264 Å². The third-order valence-electron chi connectivity index (χ3n) is 13.1. The molecule has 6 nitrogen and oxygen atoms in total. The van der Waals surface area contributed by atoms with E-state index in [2.05, 4.69) is 154 Å². The molecule has 0 rings (SSSR count). The Hall–Kier alpha value is -4.45. The Morgan fingerprint density at radius 3 is 0.844 bits per heavy atom. The first kappa shape index (κ1) is 72.5. The summed E-state index contributed by atoms with van der Waals surface area (Å²) >= 11 is 0. The van der Waals surface area contributed by atoms with Gasteiger partial charge in [-0.05, 0) is 128 Å². The molecule has 0 N–H and O–H groups in total. The van der Waals surface area contributed by atoms with Crippen LogP contribution >= 0.6 is 0 Å². The predicted molar refractivity (Wildman–Crippen MR) is 334 cm³/mol. The Morgan fingerprint density at radius 2 is 0.519 bits per heavy atom. The minimum absolute atomic E-state index is 0.106. The zero-order chi connectivity index (χ0) is 55.7. The van der Waals surface area contributed by atoms with Gasteiger partial charge in [-0.2, -0.15) is 0 Å². The molecule has 436 valence electrons. The number of rotatable bonds is 56. The quantitative estimate of drug-likeness (QED) is 0.0261. The molecule has 0 heterocycles. The van der Waals surface area contributed by atoms with Crippen molar-refractivity contribution in [2.45, 2.75) is 284 Å². The van der Waals surface area contributed by atoms with Crippen molar-refractivity contribution >= 4 is 17.9 Å². The molecular weight excluding hydrogens is 949 g/mol. The average Bonchev–Trinajstić information content (AvgIpc) is 3.43. The maximum atomic E-state index is 12.9. The Morgan fingerprint density at radius 1 is 0.273 bits per heavy atom. The highest BCUT2D eigenvalue weighted by atomic mass is 16.6. The summed E-state index contributed by atoms with van der Waals surface area (Å²) in [6.07, 6.45) is 90.4. The van der Waals surface area contributed by atoms with Crippen LogP contribution < -0.4 is 0 Å². The Kier molecular flexibility index (Phi) is 60.4. The van der Waals surface area contributed by atoms with E-state index in [1.54, 1.807) is 0 Å². The van der Waals surface area contributed by atoms with Gasteiger partial charge in [-0.3, -0.25) is 14.4 Å². The van der Waals surface area contributed by atoms with Gasteiger partial charge in [0.15, 0.2) is 6.10 Å². The van der Waals surface area contributed by atoms with Gasteiger partial charge in [0, 0.05) is 19.3 Å². The van der Waals surface area contributed by atoms with Crippen molar-refractivity contribution < 1.29 is 28.6 Å². The summed E-state index contributed by atoms with van der Waals surface area (Å²) in [7, 11) is 0. The first-order valence-electron chi connectivity index (χ1n) is 31.7. The molecule has 0 saturated carbocycles. The van der Waals surface area contributed by atoms with Crippen LogP contribution in [0.4, 0.5) is 0 Å². The summed E-state index contributed by atoms with van der Waals surface area (Å²) in [4.78, 5) is 38.2. The summed E-state index contributed by atoms with van der Waals surface area (Å²) < 4.78 is 16.8. The summed E-state index contributed by atoms with van der Waals surface area (Å²) in [6, 6.07) is 0. The molecule has 0 radical (unpaired) electrons. The summed E-state index contributed by atoms with van der Waals surface area (Å²) in [5.41, 5.74) is 0. The number of ether oxygens (including phenoxy) is 3. The molecule has 0 aromatic heterocycles. The summed E-state index contributed by atoms with van der Waals surface area (Å²) in [6.45, 7) is 6.35. The Labute approximate surface area is 475 Å². The largest absolute Gasteiger partial charge is 0.462 e. The van der Waals surface area contributed by atoms with Crippen LogP contribution in [-0.4, -0.2) is 37.2 Å². The fraction of sp³-hybridized carbons (Fsp3) is 0.648. The summed E-state index contributed by atoms with van der Waals surface area (Å²) in [5, 5.41) is 0. The van der Waals surface area contributed by atoms with E-state index in [1.165, 1.54) is 109 Å². The van der Waals surface area contributed by atoms with Crippen LogP contribution in [0.2, 0.25) is 0 Å². The predicted octanol–water partition coefficient (Wildman–Crippen LogP) is 21.8. The molecule has 0 aliphatic rings. The number of carbonyl (C=O) groups is 3. The van der Waals surface area contributed by atoms with E-state index in [9.17, 15) is 14.4 Å². The van der Waals surface area contributed by atoms with Crippen molar-refractivity contribution in [2.24, 2.45) is 0 Å². The Bertz CT molecular complexity index is 1650. The normalized spacial score (nSPS) is 13.0. The monoisotopic (exact) mass is 1060 g/mol. The van der Waals surface area contributed by atoms with E-state index in [1.807, 2.05) is 0 Å². The lowest BCUT2D eigenvalue weighted by Crippen LogP contribution is -2.30. The van der Waals surface area contributed by atoms with Gasteiger partial charge < -0.3 is 14.2 Å². The number of esters is 3. The minimum Gasteiger partial charge on any atom is -0.462 e. The van der Waals surface area contributed by atoms with Gasteiger partial charge in [0.2, 0.25) is 0 Å². The first-order chi connectivity index (χ1) is 38.0. The van der Waals surface area contributed by atoms with Crippen LogP contribution in [0.5, 0.6) is 0 Å². The highest BCUT2D eigenvalue weighted by Crippen LogP contribution is 2.15. The van der Waals surface area contributed by atoms with E-state index < -0.39 is 6.10 Å². The van der Waals surface area contributed by atoms with Crippen molar-refractivity contribution in [3.05, 3.63) is 134 Å². The van der Waals surface area contributed by atoms with E-state index in [0.29, 0.717) is 19.3 Å². The van der Waals surface area contributed by atoms with Crippen LogP contribution in [0, 0.1) is 0 Å². The van der Waals surface area contributed by atoms with Gasteiger partial charge in [0.1, 0.15) is 13.2 Å². The fourth-order valence-corrected chi connectivity index (χ4v) is 8.44. The lowest BCUT2D eigenvalue weighted by molar-refractivity contribution is -0.167. The van der Waals surface area contributed by atoms with Crippen molar-refractivity contribution in [3.8, 4) is 0 Å². The second kappa shape index (κ2) is 64.1. The van der Waals surface area contributed by atoms with Crippen LogP contribution in [0.15, 0.2) is 134 Å². The Balaban J connectivity index is 4.33. The van der Waals surface area contributed by atoms with Gasteiger partial charge >= 0.3 is 17.9 Å². The molecule has 0 fully saturated rings. The molecule has 1 unspecified atom stereocenters. The minimum atomic E-state index is -0.816. The average molecular weight is 1070 g/mol. The fourth-order valence-electron chi connectivity index (χ4n) is 8.44. The zero-order valence-electron chi connectivity index (χ0n) is 49.9. The molecule has 0 aromatic rings. The molecule has 0 spiro atoms. The molecular formula is C71H116O6. The second-order valence-corrected chi connectivity index (χ2v) is 20.5. The molecule has 77 heavy (non-hydrogen) atoms. The number of allylic oxidation sites excluding steroid dienone is 22. The van der Waals surface area contributed by atoms with Crippen LogP contribution in [0.1, 0.15) is 278 Å². The maximum absolute atomic E-state index is 12.9. The van der Waals surface area contributed by atoms with Crippen molar-refractivity contribution in [3.63, 3.8) is 0 Å². The van der Waals surface area contributed by atoms with Crippen molar-refractivity contribution in [1.82, 2.24) is 0 Å². The molecule has 0 aliphatic carbocycles. The molecule has 0 saturated heterocycles. The smallest absolute Gasteiger partial charge is 0.306 e. The third kappa shape index (κ3) is 62.3. The van der Waals surface area contributed by atoms with Gasteiger partial charge in [0.05, 0.1) is 0 Å².